The second kappa shape index (κ2) is 12.7. The van der Waals surface area contributed by atoms with Crippen molar-refractivity contribution in [2.75, 3.05) is 0 Å². The van der Waals surface area contributed by atoms with E-state index < -0.39 is 0 Å². The number of allylic oxidation sites excluding steroid dienone is 1. The van der Waals surface area contributed by atoms with E-state index in [2.05, 4.69) is 37.0 Å². The van der Waals surface area contributed by atoms with Crippen LogP contribution < -0.4 is 0 Å². The number of nitrogens with zero attached hydrogens (tertiary/aromatic N) is 1. The summed E-state index contributed by atoms with van der Waals surface area (Å²) in [7, 11) is 0. The van der Waals surface area contributed by atoms with E-state index in [1.807, 2.05) is 26.2 Å². The first kappa shape index (κ1) is 18.0. The van der Waals surface area contributed by atoms with Gasteiger partial charge in [0.25, 0.3) is 0 Å². The highest BCUT2D eigenvalue weighted by molar-refractivity contribution is 14.0. The summed E-state index contributed by atoms with van der Waals surface area (Å²) in [4.78, 5) is 4.05. The Hall–Kier alpha value is -0.380. The Morgan fingerprint density at radius 1 is 1.25 bits per heavy atom. The molecule has 0 radical (unpaired) electrons. The van der Waals surface area contributed by atoms with Gasteiger partial charge in [0.15, 0.2) is 0 Å². The van der Waals surface area contributed by atoms with Gasteiger partial charge in [-0.25, -0.2) is 0 Å². The van der Waals surface area contributed by atoms with E-state index in [1.165, 1.54) is 30.4 Å². The van der Waals surface area contributed by atoms with Crippen molar-refractivity contribution in [3.05, 3.63) is 35.7 Å². The summed E-state index contributed by atoms with van der Waals surface area (Å²) in [5.74, 6) is 0. The Morgan fingerprint density at radius 2 is 1.88 bits per heavy atom. The second-order valence-electron chi connectivity index (χ2n) is 3.22. The summed E-state index contributed by atoms with van der Waals surface area (Å²) < 4.78 is 0. The van der Waals surface area contributed by atoms with Crippen molar-refractivity contribution in [2.45, 2.75) is 47.0 Å². The van der Waals surface area contributed by atoms with Gasteiger partial charge in [-0.1, -0.05) is 46.3 Å². The molecule has 0 spiro atoms. The summed E-state index contributed by atoms with van der Waals surface area (Å²) in [5.41, 5.74) is 2.71. The van der Waals surface area contributed by atoms with Crippen molar-refractivity contribution in [1.29, 1.82) is 0 Å². The molecule has 0 saturated carbocycles. The fraction of sp³-hybridized carbons (Fsp3) is 0.500. The third kappa shape index (κ3) is 6.99. The number of aryl methyl sites for hydroxylation is 1. The Kier molecular flexibility index (Phi) is 14.3. The lowest BCUT2D eigenvalue weighted by Gasteiger charge is -2.07. The van der Waals surface area contributed by atoms with Gasteiger partial charge >= 0.3 is 0 Å². The largest absolute Gasteiger partial charge is 0.264 e. The average Bonchev–Trinajstić information content (AvgIpc) is 2.33. The Balaban J connectivity index is 0. The summed E-state index contributed by atoms with van der Waals surface area (Å²) in [5, 5.41) is 0. The molecular weight excluding hydrogens is 309 g/mol. The molecule has 1 heterocycles. The molecule has 0 aliphatic heterocycles. The molecular formula is C14H24IN. The van der Waals surface area contributed by atoms with Crippen molar-refractivity contribution >= 4 is 30.1 Å². The van der Waals surface area contributed by atoms with Gasteiger partial charge in [0.1, 0.15) is 0 Å². The quantitative estimate of drug-likeness (QED) is 0.602. The third-order valence-electron chi connectivity index (χ3n) is 1.82. The number of hydrogen-bond acceptors (Lipinski definition) is 1. The molecule has 0 fully saturated rings. The topological polar surface area (TPSA) is 12.9 Å². The lowest BCUT2D eigenvalue weighted by atomic mass is 10.0. The minimum Gasteiger partial charge on any atom is -0.264 e. The maximum atomic E-state index is 4.05. The standard InChI is InChI=1S/C9H9N.C3H8.C2H6.HI/c1-2-4-9-7-10-6-5-8(9)3-1;1-3-2;1-2;/h2,4-7H,1,3H2;3H2,1-2H3;1-2H3;1H. The smallest absolute Gasteiger partial charge is 0.0342 e. The van der Waals surface area contributed by atoms with Crippen LogP contribution in [0.4, 0.5) is 0 Å². The zero-order chi connectivity index (χ0) is 11.5. The molecule has 0 saturated heterocycles. The first-order chi connectivity index (χ1) is 7.38. The number of hydrogen-bond donors (Lipinski definition) is 0. The van der Waals surface area contributed by atoms with Crippen LogP contribution in [0, 0.1) is 0 Å². The van der Waals surface area contributed by atoms with Crippen LogP contribution in [0.15, 0.2) is 24.5 Å². The minimum absolute atomic E-state index is 0. The molecule has 1 aromatic heterocycles. The Bertz CT molecular complexity index is 282. The fourth-order valence-electron chi connectivity index (χ4n) is 1.26. The van der Waals surface area contributed by atoms with Crippen LogP contribution in [0.5, 0.6) is 0 Å². The van der Waals surface area contributed by atoms with Gasteiger partial charge in [0, 0.05) is 12.4 Å². The monoisotopic (exact) mass is 333 g/mol. The van der Waals surface area contributed by atoms with Crippen molar-refractivity contribution in [3.63, 3.8) is 0 Å². The lowest BCUT2D eigenvalue weighted by Crippen LogP contribution is -1.93. The van der Waals surface area contributed by atoms with E-state index in [0.29, 0.717) is 0 Å². The van der Waals surface area contributed by atoms with Crippen molar-refractivity contribution in [3.8, 4) is 0 Å². The zero-order valence-corrected chi connectivity index (χ0v) is 13.2. The van der Waals surface area contributed by atoms with E-state index in [0.717, 1.165) is 0 Å². The van der Waals surface area contributed by atoms with Gasteiger partial charge in [0.05, 0.1) is 0 Å². The molecule has 92 valence electrons. The van der Waals surface area contributed by atoms with Crippen LogP contribution in [0.3, 0.4) is 0 Å². The molecule has 0 bridgehead atoms. The summed E-state index contributed by atoms with van der Waals surface area (Å²) in [6, 6.07) is 2.10. The Morgan fingerprint density at radius 3 is 2.44 bits per heavy atom. The highest BCUT2D eigenvalue weighted by atomic mass is 127. The number of fused-ring (bicyclic) bond motifs is 1. The van der Waals surface area contributed by atoms with Crippen molar-refractivity contribution in [1.82, 2.24) is 4.98 Å². The van der Waals surface area contributed by atoms with E-state index >= 15 is 0 Å². The van der Waals surface area contributed by atoms with Crippen LogP contribution in [0.2, 0.25) is 0 Å². The molecule has 1 aliphatic rings. The maximum absolute atomic E-state index is 4.05. The van der Waals surface area contributed by atoms with Crippen LogP contribution >= 0.6 is 24.0 Å². The van der Waals surface area contributed by atoms with Gasteiger partial charge < -0.3 is 0 Å². The molecule has 0 N–H and O–H groups in total. The highest BCUT2D eigenvalue weighted by Crippen LogP contribution is 2.16. The molecule has 2 heteroatoms. The lowest BCUT2D eigenvalue weighted by molar-refractivity contribution is 0.977. The fourth-order valence-corrected chi connectivity index (χ4v) is 1.26. The first-order valence-corrected chi connectivity index (χ1v) is 5.98. The number of aromatic nitrogens is 1. The normalized spacial score (nSPS) is 10.8. The van der Waals surface area contributed by atoms with Crippen LogP contribution in [-0.4, -0.2) is 4.98 Å². The van der Waals surface area contributed by atoms with E-state index in [9.17, 15) is 0 Å². The molecule has 1 aromatic rings. The van der Waals surface area contributed by atoms with Gasteiger partial charge in [-0.3, -0.25) is 4.98 Å². The number of halogens is 1. The van der Waals surface area contributed by atoms with Gasteiger partial charge in [-0.2, -0.15) is 0 Å². The molecule has 1 aliphatic carbocycles. The zero-order valence-electron chi connectivity index (χ0n) is 10.9. The summed E-state index contributed by atoms with van der Waals surface area (Å²) >= 11 is 0. The van der Waals surface area contributed by atoms with Gasteiger partial charge in [0.2, 0.25) is 0 Å². The van der Waals surface area contributed by atoms with Gasteiger partial charge in [-0.05, 0) is 30.0 Å². The predicted molar refractivity (Wildman–Crippen MR) is 84.3 cm³/mol. The molecule has 0 atom stereocenters. The molecule has 0 aromatic carbocycles. The molecule has 0 unspecified atom stereocenters. The predicted octanol–water partition coefficient (Wildman–Crippen LogP) is 5.10. The summed E-state index contributed by atoms with van der Waals surface area (Å²) in [6.45, 7) is 8.25. The van der Waals surface area contributed by atoms with E-state index in [1.54, 1.807) is 0 Å². The Labute approximate surface area is 117 Å². The summed E-state index contributed by atoms with van der Waals surface area (Å²) in [6.07, 6.45) is 11.7. The average molecular weight is 333 g/mol. The van der Waals surface area contributed by atoms with Gasteiger partial charge in [-0.15, -0.1) is 24.0 Å². The van der Waals surface area contributed by atoms with Crippen LogP contribution in [-0.2, 0) is 6.42 Å². The number of rotatable bonds is 0. The van der Waals surface area contributed by atoms with E-state index in [-0.39, 0.29) is 24.0 Å². The van der Waals surface area contributed by atoms with Crippen molar-refractivity contribution < 1.29 is 0 Å². The maximum Gasteiger partial charge on any atom is 0.0342 e. The number of pyridine rings is 1. The van der Waals surface area contributed by atoms with E-state index in [4.69, 9.17) is 0 Å². The van der Waals surface area contributed by atoms with Crippen molar-refractivity contribution in [2.24, 2.45) is 0 Å². The van der Waals surface area contributed by atoms with Crippen LogP contribution in [0.1, 0.15) is 51.7 Å². The third-order valence-corrected chi connectivity index (χ3v) is 1.82. The SMILES string of the molecule is C1=Cc2cnccc2CC1.CC.CCC.I. The molecule has 2 rings (SSSR count). The minimum atomic E-state index is 0. The highest BCUT2D eigenvalue weighted by Gasteiger charge is 2.01. The molecule has 1 nitrogen and oxygen atoms in total. The second-order valence-corrected chi connectivity index (χ2v) is 3.22. The molecule has 0 amide bonds. The first-order valence-electron chi connectivity index (χ1n) is 5.98. The molecule has 16 heavy (non-hydrogen) atoms. The van der Waals surface area contributed by atoms with Crippen LogP contribution in [0.25, 0.3) is 6.08 Å².